The smallest absolute Gasteiger partial charge is 0.253 e. The molecule has 0 bridgehead atoms. The number of imidazole rings is 1. The third kappa shape index (κ3) is 5.59. The highest BCUT2D eigenvalue weighted by Gasteiger charge is 2.29. The van der Waals surface area contributed by atoms with Crippen LogP contribution in [0.5, 0.6) is 0 Å². The van der Waals surface area contributed by atoms with Crippen molar-refractivity contribution >= 4 is 39.8 Å². The molecular weight excluding hydrogens is 508 g/mol. The van der Waals surface area contributed by atoms with Crippen molar-refractivity contribution in [2.45, 2.75) is 37.8 Å². The summed E-state index contributed by atoms with van der Waals surface area (Å²) < 4.78 is 2.02. The molecule has 202 valence electrons. The molecule has 0 unspecified atom stereocenters. The fourth-order valence-corrected chi connectivity index (χ4v) is 6.42. The monoisotopic (exact) mass is 542 g/mol. The predicted octanol–water partition coefficient (Wildman–Crippen LogP) is 3.65. The molecule has 39 heavy (non-hydrogen) atoms. The van der Waals surface area contributed by atoms with E-state index in [1.54, 1.807) is 23.6 Å². The van der Waals surface area contributed by atoms with E-state index in [1.165, 1.54) is 0 Å². The summed E-state index contributed by atoms with van der Waals surface area (Å²) in [5.74, 6) is -0.0172. The Morgan fingerprint density at radius 1 is 1.05 bits per heavy atom. The Kier molecular flexibility index (Phi) is 7.40. The maximum absolute atomic E-state index is 13.9. The van der Waals surface area contributed by atoms with Crippen LogP contribution in [0.25, 0.3) is 27.9 Å². The number of nitrogens with two attached hydrogens (primary N) is 1. The van der Waals surface area contributed by atoms with Crippen molar-refractivity contribution in [3.05, 3.63) is 65.6 Å². The fraction of sp³-hybridized carbons (Fsp3) is 0.379. The van der Waals surface area contributed by atoms with Gasteiger partial charge in [0.05, 0.1) is 22.7 Å². The minimum atomic E-state index is -0.152. The molecular formula is C29H34N8OS. The zero-order valence-electron chi connectivity index (χ0n) is 22.2. The normalized spacial score (nSPS) is 21.3. The van der Waals surface area contributed by atoms with Gasteiger partial charge in [-0.3, -0.25) is 14.1 Å². The molecule has 1 aliphatic heterocycles. The SMILES string of the molecule is CN1CCN(C2CCC(NC(=O)/C(=C\c3c(-c4ccccc4)nc4sccn34)c3ccnc(N)n3)CC2)CC1. The highest BCUT2D eigenvalue weighted by molar-refractivity contribution is 7.15. The van der Waals surface area contributed by atoms with E-state index >= 15 is 0 Å². The van der Waals surface area contributed by atoms with E-state index in [9.17, 15) is 4.79 Å². The summed E-state index contributed by atoms with van der Waals surface area (Å²) in [4.78, 5) is 33.1. The quantitative estimate of drug-likeness (QED) is 0.359. The minimum Gasteiger partial charge on any atom is -0.368 e. The van der Waals surface area contributed by atoms with Gasteiger partial charge in [0, 0.05) is 61.6 Å². The first-order valence-corrected chi connectivity index (χ1v) is 14.5. The third-order valence-corrected chi connectivity index (χ3v) is 8.66. The molecule has 1 aromatic carbocycles. The van der Waals surface area contributed by atoms with Gasteiger partial charge in [0.2, 0.25) is 5.95 Å². The van der Waals surface area contributed by atoms with Gasteiger partial charge in [0.25, 0.3) is 5.91 Å². The number of thiazole rings is 1. The number of carbonyl (C=O) groups excluding carboxylic acids is 1. The summed E-state index contributed by atoms with van der Waals surface area (Å²) in [5, 5.41) is 5.31. The van der Waals surface area contributed by atoms with Crippen LogP contribution < -0.4 is 11.1 Å². The Bertz CT molecular complexity index is 1460. The van der Waals surface area contributed by atoms with E-state index in [0.29, 0.717) is 17.3 Å². The van der Waals surface area contributed by atoms with Crippen LogP contribution in [0.3, 0.4) is 0 Å². The second kappa shape index (κ2) is 11.3. The molecule has 3 N–H and O–H groups in total. The number of fused-ring (bicyclic) bond motifs is 1. The molecule has 10 heteroatoms. The summed E-state index contributed by atoms with van der Waals surface area (Å²) in [5.41, 5.74) is 9.53. The number of anilines is 1. The number of amides is 1. The summed E-state index contributed by atoms with van der Waals surface area (Å²) in [7, 11) is 2.19. The van der Waals surface area contributed by atoms with Crippen molar-refractivity contribution in [2.24, 2.45) is 0 Å². The van der Waals surface area contributed by atoms with Crippen LogP contribution in [0.4, 0.5) is 5.95 Å². The summed E-state index contributed by atoms with van der Waals surface area (Å²) in [6.45, 7) is 4.52. The molecule has 3 aromatic heterocycles. The summed E-state index contributed by atoms with van der Waals surface area (Å²) in [6.07, 6.45) is 9.61. The summed E-state index contributed by atoms with van der Waals surface area (Å²) in [6, 6.07) is 12.5. The maximum Gasteiger partial charge on any atom is 0.253 e. The Hall–Kier alpha value is -3.60. The van der Waals surface area contributed by atoms with Crippen LogP contribution in [-0.2, 0) is 4.79 Å². The van der Waals surface area contributed by atoms with Crippen LogP contribution in [0.2, 0.25) is 0 Å². The number of hydrogen-bond acceptors (Lipinski definition) is 8. The molecule has 2 fully saturated rings. The molecule has 0 atom stereocenters. The molecule has 1 saturated carbocycles. The van der Waals surface area contributed by atoms with Gasteiger partial charge in [0.15, 0.2) is 4.96 Å². The molecule has 4 heterocycles. The first-order valence-electron chi connectivity index (χ1n) is 13.6. The van der Waals surface area contributed by atoms with Gasteiger partial charge >= 0.3 is 0 Å². The molecule has 9 nitrogen and oxygen atoms in total. The topological polar surface area (TPSA) is 105 Å². The number of rotatable bonds is 6. The van der Waals surface area contributed by atoms with Gasteiger partial charge in [-0.05, 0) is 44.9 Å². The molecule has 2 aliphatic rings. The number of hydrogen-bond donors (Lipinski definition) is 2. The maximum atomic E-state index is 13.9. The van der Waals surface area contributed by atoms with Gasteiger partial charge in [-0.15, -0.1) is 11.3 Å². The van der Waals surface area contributed by atoms with E-state index in [-0.39, 0.29) is 17.9 Å². The molecule has 1 aliphatic carbocycles. The standard InChI is InChI=1S/C29H34N8OS/c1-35-13-15-36(16-14-35)22-9-7-21(8-10-22)32-27(38)23(24-11-12-31-28(30)33-24)19-25-26(20-5-3-2-4-6-20)34-29-37(25)17-18-39-29/h2-6,11-12,17-19,21-22H,7-10,13-16H2,1H3,(H,32,38)(H2,30,31,33)/b23-19-. The van der Waals surface area contributed by atoms with E-state index in [0.717, 1.165) is 73.8 Å². The second-order valence-electron chi connectivity index (χ2n) is 10.4. The Balaban J connectivity index is 1.27. The van der Waals surface area contributed by atoms with Gasteiger partial charge in [-0.1, -0.05) is 30.3 Å². The van der Waals surface area contributed by atoms with Gasteiger partial charge in [0.1, 0.15) is 0 Å². The van der Waals surface area contributed by atoms with E-state index in [2.05, 4.69) is 32.1 Å². The Labute approximate surface area is 232 Å². The molecule has 0 radical (unpaired) electrons. The highest BCUT2D eigenvalue weighted by Crippen LogP contribution is 2.31. The Morgan fingerprint density at radius 3 is 2.56 bits per heavy atom. The fourth-order valence-electron chi connectivity index (χ4n) is 5.70. The zero-order valence-corrected chi connectivity index (χ0v) is 23.0. The number of nitrogen functional groups attached to an aromatic ring is 1. The first-order chi connectivity index (χ1) is 19.0. The van der Waals surface area contributed by atoms with E-state index < -0.39 is 0 Å². The number of benzene rings is 1. The highest BCUT2D eigenvalue weighted by atomic mass is 32.1. The average Bonchev–Trinajstić information content (AvgIpc) is 3.55. The van der Waals surface area contributed by atoms with Gasteiger partial charge in [-0.2, -0.15) is 0 Å². The predicted molar refractivity (Wildman–Crippen MR) is 156 cm³/mol. The van der Waals surface area contributed by atoms with Crippen molar-refractivity contribution in [1.82, 2.24) is 34.5 Å². The number of aromatic nitrogens is 4. The second-order valence-corrected chi connectivity index (χ2v) is 11.3. The lowest BCUT2D eigenvalue weighted by atomic mass is 9.89. The van der Waals surface area contributed by atoms with Gasteiger partial charge < -0.3 is 16.0 Å². The minimum absolute atomic E-state index is 0.129. The van der Waals surface area contributed by atoms with E-state index in [1.807, 2.05) is 52.4 Å². The molecule has 0 spiro atoms. The number of piperazine rings is 1. The molecule has 1 amide bonds. The largest absolute Gasteiger partial charge is 0.368 e. The van der Waals surface area contributed by atoms with Crippen LogP contribution >= 0.6 is 11.3 Å². The average molecular weight is 543 g/mol. The molecule has 4 aromatic rings. The Morgan fingerprint density at radius 2 is 1.82 bits per heavy atom. The van der Waals surface area contributed by atoms with Crippen LogP contribution in [0, 0.1) is 0 Å². The van der Waals surface area contributed by atoms with Crippen molar-refractivity contribution in [3.8, 4) is 11.3 Å². The number of likely N-dealkylation sites (N-methyl/N-ethyl adjacent to an activating group) is 1. The van der Waals surface area contributed by atoms with Crippen LogP contribution in [0.1, 0.15) is 37.1 Å². The summed E-state index contributed by atoms with van der Waals surface area (Å²) >= 11 is 1.56. The van der Waals surface area contributed by atoms with Crippen molar-refractivity contribution < 1.29 is 4.79 Å². The lowest BCUT2D eigenvalue weighted by Crippen LogP contribution is -2.51. The third-order valence-electron chi connectivity index (χ3n) is 7.91. The van der Waals surface area contributed by atoms with Crippen LogP contribution in [-0.4, -0.2) is 80.4 Å². The van der Waals surface area contributed by atoms with Gasteiger partial charge in [-0.25, -0.2) is 15.0 Å². The number of nitrogens with one attached hydrogen (secondary N) is 1. The first kappa shape index (κ1) is 25.7. The van der Waals surface area contributed by atoms with Crippen molar-refractivity contribution in [2.75, 3.05) is 39.0 Å². The molecule has 6 rings (SSSR count). The lowest BCUT2D eigenvalue weighted by molar-refractivity contribution is -0.116. The zero-order chi connectivity index (χ0) is 26.8. The number of nitrogens with zero attached hydrogens (tertiary/aromatic N) is 6. The van der Waals surface area contributed by atoms with E-state index in [4.69, 9.17) is 10.7 Å². The van der Waals surface area contributed by atoms with Crippen LogP contribution in [0.15, 0.2) is 54.2 Å². The lowest BCUT2D eigenvalue weighted by Gasteiger charge is -2.41. The van der Waals surface area contributed by atoms with Crippen molar-refractivity contribution in [3.63, 3.8) is 0 Å². The van der Waals surface area contributed by atoms with Crippen molar-refractivity contribution in [1.29, 1.82) is 0 Å². The number of carbonyl (C=O) groups is 1. The molecule has 1 saturated heterocycles.